The van der Waals surface area contributed by atoms with Gasteiger partial charge in [0.25, 0.3) is 5.91 Å². The minimum Gasteiger partial charge on any atom is -0.468 e. The Labute approximate surface area is 166 Å². The van der Waals surface area contributed by atoms with E-state index in [1.54, 1.807) is 18.2 Å². The third-order valence-corrected chi connectivity index (χ3v) is 6.54. The molecule has 0 aliphatic carbocycles. The number of hydrogen-bond donors (Lipinski definition) is 1. The summed E-state index contributed by atoms with van der Waals surface area (Å²) in [5.41, 5.74) is 0.298. The van der Waals surface area contributed by atoms with E-state index in [1.807, 2.05) is 0 Å². The van der Waals surface area contributed by atoms with Crippen molar-refractivity contribution >= 4 is 15.7 Å². The summed E-state index contributed by atoms with van der Waals surface area (Å²) in [6, 6.07) is 12.2. The van der Waals surface area contributed by atoms with Crippen molar-refractivity contribution in [3.63, 3.8) is 0 Å². The summed E-state index contributed by atoms with van der Waals surface area (Å²) < 4.78 is 55.1. The minimum absolute atomic E-state index is 0.0716. The van der Waals surface area contributed by atoms with Crippen LogP contribution in [-0.2, 0) is 9.84 Å². The number of carbonyl (C=O) groups is 1. The van der Waals surface area contributed by atoms with Gasteiger partial charge in [-0.05, 0) is 54.6 Å². The fourth-order valence-corrected chi connectivity index (χ4v) is 4.54. The van der Waals surface area contributed by atoms with Gasteiger partial charge in [0.15, 0.2) is 21.3 Å². The molecule has 29 heavy (non-hydrogen) atoms. The maximum Gasteiger partial charge on any atom is 0.251 e. The molecule has 7 nitrogen and oxygen atoms in total. The van der Waals surface area contributed by atoms with Crippen molar-refractivity contribution in [3.8, 4) is 11.5 Å². The molecule has 1 N–H and O–H groups in total. The number of furan rings is 1. The first kappa shape index (κ1) is 19.0. The number of sulfone groups is 1. The normalized spacial score (nSPS) is 13.8. The van der Waals surface area contributed by atoms with Gasteiger partial charge < -0.3 is 19.2 Å². The highest BCUT2D eigenvalue weighted by atomic mass is 32.2. The Morgan fingerprint density at radius 1 is 1.07 bits per heavy atom. The van der Waals surface area contributed by atoms with Crippen LogP contribution in [0.25, 0.3) is 0 Å². The molecule has 1 aliphatic heterocycles. The molecule has 0 fully saturated rings. The molecule has 3 aromatic rings. The number of nitrogens with one attached hydrogen (secondary N) is 1. The lowest BCUT2D eigenvalue weighted by molar-refractivity contribution is 0.0952. The number of hydrogen-bond acceptors (Lipinski definition) is 6. The van der Waals surface area contributed by atoms with Crippen molar-refractivity contribution in [2.45, 2.75) is 10.1 Å². The van der Waals surface area contributed by atoms with Crippen LogP contribution in [0.4, 0.5) is 4.39 Å². The highest BCUT2D eigenvalue weighted by Gasteiger charge is 2.32. The molecule has 4 rings (SSSR count). The number of benzene rings is 2. The first-order chi connectivity index (χ1) is 13.9. The highest BCUT2D eigenvalue weighted by Crippen LogP contribution is 2.33. The maximum atomic E-state index is 13.2. The van der Waals surface area contributed by atoms with Gasteiger partial charge in [-0.25, -0.2) is 12.8 Å². The van der Waals surface area contributed by atoms with Crippen molar-refractivity contribution < 1.29 is 31.5 Å². The second-order valence-corrected chi connectivity index (χ2v) is 8.41. The summed E-state index contributed by atoms with van der Waals surface area (Å²) in [5.74, 6) is 0.122. The Bertz CT molecular complexity index is 1130. The molecule has 1 unspecified atom stereocenters. The summed E-state index contributed by atoms with van der Waals surface area (Å²) in [6.45, 7) is -0.155. The van der Waals surface area contributed by atoms with Gasteiger partial charge in [-0.3, -0.25) is 4.79 Å². The largest absolute Gasteiger partial charge is 0.468 e. The van der Waals surface area contributed by atoms with Crippen molar-refractivity contribution in [3.05, 3.63) is 78.0 Å². The van der Waals surface area contributed by atoms with E-state index in [0.29, 0.717) is 17.1 Å². The Morgan fingerprint density at radius 3 is 2.55 bits per heavy atom. The van der Waals surface area contributed by atoms with E-state index in [9.17, 15) is 17.6 Å². The fraction of sp³-hybridized carbons (Fsp3) is 0.150. The summed E-state index contributed by atoms with van der Waals surface area (Å²) in [6.07, 6.45) is 1.35. The van der Waals surface area contributed by atoms with Gasteiger partial charge >= 0.3 is 0 Å². The second kappa shape index (κ2) is 7.59. The number of halogens is 1. The van der Waals surface area contributed by atoms with Crippen LogP contribution in [0.5, 0.6) is 11.5 Å². The Morgan fingerprint density at radius 2 is 1.83 bits per heavy atom. The molecule has 0 spiro atoms. The SMILES string of the molecule is O=C(NCC(c1ccco1)S(=O)(=O)c1ccc(F)cc1)c1ccc2c(c1)OCO2. The van der Waals surface area contributed by atoms with E-state index in [2.05, 4.69) is 5.32 Å². The molecule has 1 aromatic heterocycles. The highest BCUT2D eigenvalue weighted by molar-refractivity contribution is 7.91. The van der Waals surface area contributed by atoms with Crippen LogP contribution in [0, 0.1) is 5.82 Å². The van der Waals surface area contributed by atoms with Crippen molar-refractivity contribution in [2.75, 3.05) is 13.3 Å². The van der Waals surface area contributed by atoms with Gasteiger partial charge in [0, 0.05) is 12.1 Å². The van der Waals surface area contributed by atoms with Crippen LogP contribution in [0.3, 0.4) is 0 Å². The molecule has 150 valence electrons. The first-order valence-electron chi connectivity index (χ1n) is 8.66. The van der Waals surface area contributed by atoms with Crippen LogP contribution in [0.1, 0.15) is 21.4 Å². The quantitative estimate of drug-likeness (QED) is 0.620. The van der Waals surface area contributed by atoms with Gasteiger partial charge in [0.2, 0.25) is 6.79 Å². The number of fused-ring (bicyclic) bond motifs is 1. The molecule has 1 atom stereocenters. The minimum atomic E-state index is -3.95. The zero-order chi connectivity index (χ0) is 20.4. The van der Waals surface area contributed by atoms with Crippen LogP contribution in [0.2, 0.25) is 0 Å². The predicted octanol–water partition coefficient (Wildman–Crippen LogP) is 3.09. The van der Waals surface area contributed by atoms with Crippen LogP contribution >= 0.6 is 0 Å². The third kappa shape index (κ3) is 3.81. The molecule has 0 bridgehead atoms. The molecular weight excluding hydrogens is 401 g/mol. The van der Waals surface area contributed by atoms with Gasteiger partial charge in [-0.1, -0.05) is 0 Å². The smallest absolute Gasteiger partial charge is 0.251 e. The molecule has 9 heteroatoms. The third-order valence-electron chi connectivity index (χ3n) is 4.46. The number of carbonyl (C=O) groups excluding carboxylic acids is 1. The van der Waals surface area contributed by atoms with E-state index >= 15 is 0 Å². The average molecular weight is 417 g/mol. The van der Waals surface area contributed by atoms with Crippen LogP contribution < -0.4 is 14.8 Å². The topological polar surface area (TPSA) is 94.8 Å². The number of ether oxygens (including phenoxy) is 2. The van der Waals surface area contributed by atoms with Gasteiger partial charge in [-0.15, -0.1) is 0 Å². The Kier molecular flexibility index (Phi) is 4.98. The lowest BCUT2D eigenvalue weighted by atomic mass is 10.2. The van der Waals surface area contributed by atoms with Gasteiger partial charge in [-0.2, -0.15) is 0 Å². The summed E-state index contributed by atoms with van der Waals surface area (Å²) in [7, 11) is -3.95. The molecule has 1 amide bonds. The monoisotopic (exact) mass is 417 g/mol. The van der Waals surface area contributed by atoms with E-state index < -0.39 is 26.8 Å². The second-order valence-electron chi connectivity index (χ2n) is 6.28. The van der Waals surface area contributed by atoms with E-state index in [1.165, 1.54) is 30.5 Å². The number of amides is 1. The van der Waals surface area contributed by atoms with Crippen LogP contribution in [-0.4, -0.2) is 27.7 Å². The zero-order valence-electron chi connectivity index (χ0n) is 15.0. The molecule has 1 aliphatic rings. The summed E-state index contributed by atoms with van der Waals surface area (Å²) in [4.78, 5) is 12.5. The molecule has 0 saturated carbocycles. The van der Waals surface area contributed by atoms with Crippen molar-refractivity contribution in [1.29, 1.82) is 0 Å². The van der Waals surface area contributed by atoms with Crippen molar-refractivity contribution in [2.24, 2.45) is 0 Å². The first-order valence-corrected chi connectivity index (χ1v) is 10.2. The van der Waals surface area contributed by atoms with E-state index in [4.69, 9.17) is 13.9 Å². The zero-order valence-corrected chi connectivity index (χ0v) is 15.8. The van der Waals surface area contributed by atoms with Gasteiger partial charge in [0.05, 0.1) is 11.2 Å². The molecule has 2 heterocycles. The Balaban J connectivity index is 1.57. The average Bonchev–Trinajstić information content (AvgIpc) is 3.39. The Hall–Kier alpha value is -3.33. The lowest BCUT2D eigenvalue weighted by Crippen LogP contribution is -2.31. The van der Waals surface area contributed by atoms with Gasteiger partial charge in [0.1, 0.15) is 16.8 Å². The van der Waals surface area contributed by atoms with E-state index in [-0.39, 0.29) is 24.0 Å². The molecule has 2 aromatic carbocycles. The van der Waals surface area contributed by atoms with Crippen LogP contribution in [0.15, 0.2) is 70.2 Å². The van der Waals surface area contributed by atoms with E-state index in [0.717, 1.165) is 12.1 Å². The summed E-state index contributed by atoms with van der Waals surface area (Å²) >= 11 is 0. The standard InChI is InChI=1S/C20H16FNO6S/c21-14-4-6-15(7-5-14)29(24,25)19(17-2-1-9-26-17)11-22-20(23)13-3-8-16-18(10-13)28-12-27-16/h1-10,19H,11-12H2,(H,22,23). The predicted molar refractivity (Wildman–Crippen MR) is 99.9 cm³/mol. The number of rotatable bonds is 6. The molecule has 0 radical (unpaired) electrons. The molecular formula is C20H16FNO6S. The maximum absolute atomic E-state index is 13.2. The lowest BCUT2D eigenvalue weighted by Gasteiger charge is -2.17. The fourth-order valence-electron chi connectivity index (χ4n) is 2.95. The summed E-state index contributed by atoms with van der Waals surface area (Å²) in [5, 5.41) is 1.44. The molecule has 0 saturated heterocycles. The van der Waals surface area contributed by atoms with Crippen molar-refractivity contribution in [1.82, 2.24) is 5.32 Å².